The smallest absolute Gasteiger partial charge is 0.433 e. The molecule has 1 aliphatic rings. The van der Waals surface area contributed by atoms with E-state index in [0.717, 1.165) is 12.3 Å². The molecule has 6 nitrogen and oxygen atoms in total. The van der Waals surface area contributed by atoms with Gasteiger partial charge in [0.25, 0.3) is 0 Å². The number of carboxylic acids is 1. The first-order valence-corrected chi connectivity index (χ1v) is 5.74. The maximum absolute atomic E-state index is 12.6. The fourth-order valence-corrected chi connectivity index (χ4v) is 1.99. The molecule has 1 aromatic rings. The number of carboxylic acid groups (broad SMARTS) is 1. The minimum atomic E-state index is -4.57. The lowest BCUT2D eigenvalue weighted by atomic mass is 10.0. The third kappa shape index (κ3) is 2.82. The second-order valence-corrected chi connectivity index (χ2v) is 4.40. The van der Waals surface area contributed by atoms with Crippen LogP contribution in [0.3, 0.4) is 0 Å². The summed E-state index contributed by atoms with van der Waals surface area (Å²) in [6.07, 6.45) is -3.58. The minimum absolute atomic E-state index is 0.0172. The number of rotatable bonds is 3. The summed E-state index contributed by atoms with van der Waals surface area (Å²) in [6.45, 7) is 0.121. The van der Waals surface area contributed by atoms with Gasteiger partial charge in [0, 0.05) is 13.2 Å². The van der Waals surface area contributed by atoms with Crippen molar-refractivity contribution in [1.29, 1.82) is 0 Å². The van der Waals surface area contributed by atoms with Crippen molar-refractivity contribution in [1.82, 2.24) is 9.97 Å². The molecule has 20 heavy (non-hydrogen) atoms. The number of carbonyl (C=O) groups is 1. The third-order valence-electron chi connectivity index (χ3n) is 3.11. The number of halogens is 3. The largest absolute Gasteiger partial charge is 0.481 e. The molecule has 0 saturated carbocycles. The van der Waals surface area contributed by atoms with Crippen LogP contribution in [0.25, 0.3) is 0 Å². The van der Waals surface area contributed by atoms with Crippen LogP contribution in [0.4, 0.5) is 19.1 Å². The van der Waals surface area contributed by atoms with Crippen LogP contribution in [0.2, 0.25) is 0 Å². The predicted octanol–water partition coefficient (Wildman–Crippen LogP) is 1.03. The summed E-state index contributed by atoms with van der Waals surface area (Å²) < 4.78 is 42.8. The second kappa shape index (κ2) is 5.23. The van der Waals surface area contributed by atoms with Crippen molar-refractivity contribution in [2.75, 3.05) is 25.2 Å². The summed E-state index contributed by atoms with van der Waals surface area (Å²) in [5.41, 5.74) is -1.07. The van der Waals surface area contributed by atoms with E-state index in [1.807, 2.05) is 0 Å². The topological polar surface area (TPSA) is 75.5 Å². The van der Waals surface area contributed by atoms with E-state index in [2.05, 4.69) is 9.97 Å². The Morgan fingerprint density at radius 1 is 1.50 bits per heavy atom. The summed E-state index contributed by atoms with van der Waals surface area (Å²) in [6, 6.07) is 0.160. The Hall–Kier alpha value is -1.90. The van der Waals surface area contributed by atoms with Gasteiger partial charge in [0.15, 0.2) is 0 Å². The second-order valence-electron chi connectivity index (χ2n) is 4.40. The summed E-state index contributed by atoms with van der Waals surface area (Å²) >= 11 is 0. The number of anilines is 1. The lowest BCUT2D eigenvalue weighted by molar-refractivity contribution is -0.142. The Morgan fingerprint density at radius 3 is 2.80 bits per heavy atom. The molecule has 0 aromatic carbocycles. The molecule has 2 rings (SSSR count). The van der Waals surface area contributed by atoms with Crippen LogP contribution in [0.15, 0.2) is 12.3 Å². The van der Waals surface area contributed by atoms with Crippen LogP contribution in [0.5, 0.6) is 0 Å². The molecule has 110 valence electrons. The Morgan fingerprint density at radius 2 is 2.20 bits per heavy atom. The van der Waals surface area contributed by atoms with Gasteiger partial charge in [0.1, 0.15) is 11.6 Å². The molecule has 2 atom stereocenters. The van der Waals surface area contributed by atoms with E-state index in [-0.39, 0.29) is 19.2 Å². The lowest BCUT2D eigenvalue weighted by Gasteiger charge is -2.26. The van der Waals surface area contributed by atoms with Gasteiger partial charge in [-0.05, 0) is 6.07 Å². The van der Waals surface area contributed by atoms with Crippen molar-refractivity contribution in [2.45, 2.75) is 12.2 Å². The molecular weight excluding hydrogens is 279 g/mol. The average Bonchev–Trinajstić information content (AvgIpc) is 2.86. The lowest BCUT2D eigenvalue weighted by Crippen LogP contribution is -2.41. The maximum Gasteiger partial charge on any atom is 0.433 e. The third-order valence-corrected chi connectivity index (χ3v) is 3.11. The summed E-state index contributed by atoms with van der Waals surface area (Å²) in [7, 11) is 1.45. The van der Waals surface area contributed by atoms with Crippen molar-refractivity contribution >= 4 is 11.9 Å². The molecule has 1 fully saturated rings. The number of hydrogen-bond acceptors (Lipinski definition) is 5. The quantitative estimate of drug-likeness (QED) is 0.896. The van der Waals surface area contributed by atoms with E-state index in [0.29, 0.717) is 0 Å². The molecule has 0 bridgehead atoms. The first-order chi connectivity index (χ1) is 9.30. The van der Waals surface area contributed by atoms with Gasteiger partial charge in [0.05, 0.1) is 19.3 Å². The fraction of sp³-hybridized carbons (Fsp3) is 0.545. The SMILES string of the molecule is CN(c1nccc(C(F)(F)F)n1)C1COCC1C(=O)O. The number of ether oxygens (including phenoxy) is 1. The Kier molecular flexibility index (Phi) is 3.80. The van der Waals surface area contributed by atoms with Gasteiger partial charge in [-0.15, -0.1) is 0 Å². The molecule has 0 spiro atoms. The van der Waals surface area contributed by atoms with E-state index in [1.165, 1.54) is 11.9 Å². The van der Waals surface area contributed by atoms with Crippen molar-refractivity contribution < 1.29 is 27.8 Å². The van der Waals surface area contributed by atoms with Gasteiger partial charge in [-0.25, -0.2) is 9.97 Å². The fourth-order valence-electron chi connectivity index (χ4n) is 1.99. The van der Waals surface area contributed by atoms with E-state index in [4.69, 9.17) is 9.84 Å². The zero-order valence-corrected chi connectivity index (χ0v) is 10.5. The highest BCUT2D eigenvalue weighted by Gasteiger charge is 2.39. The Balaban J connectivity index is 2.25. The van der Waals surface area contributed by atoms with Gasteiger partial charge >= 0.3 is 12.1 Å². The first kappa shape index (κ1) is 14.5. The molecule has 1 saturated heterocycles. The first-order valence-electron chi connectivity index (χ1n) is 5.74. The zero-order valence-electron chi connectivity index (χ0n) is 10.5. The van der Waals surface area contributed by atoms with Crippen LogP contribution in [-0.4, -0.2) is 47.3 Å². The molecule has 0 aliphatic carbocycles. The van der Waals surface area contributed by atoms with Crippen LogP contribution >= 0.6 is 0 Å². The molecule has 0 amide bonds. The maximum atomic E-state index is 12.6. The standard InChI is InChI=1S/C11H12F3N3O3/c1-17(7-5-20-4-6(7)9(18)19)10-15-3-2-8(16-10)11(12,13)14/h2-3,6-7H,4-5H2,1H3,(H,18,19). The predicted molar refractivity (Wildman–Crippen MR) is 61.2 cm³/mol. The molecule has 1 aromatic heterocycles. The van der Waals surface area contributed by atoms with Crippen LogP contribution in [0.1, 0.15) is 5.69 Å². The Labute approximate surface area is 112 Å². The van der Waals surface area contributed by atoms with E-state index < -0.39 is 29.8 Å². The van der Waals surface area contributed by atoms with Crippen LogP contribution in [-0.2, 0) is 15.7 Å². The highest BCUT2D eigenvalue weighted by Crippen LogP contribution is 2.29. The van der Waals surface area contributed by atoms with Gasteiger partial charge in [-0.2, -0.15) is 13.2 Å². The molecule has 2 heterocycles. The number of alkyl halides is 3. The molecule has 1 N–H and O–H groups in total. The van der Waals surface area contributed by atoms with Crippen molar-refractivity contribution in [3.05, 3.63) is 18.0 Å². The van der Waals surface area contributed by atoms with Crippen LogP contribution < -0.4 is 4.90 Å². The highest BCUT2D eigenvalue weighted by atomic mass is 19.4. The highest BCUT2D eigenvalue weighted by molar-refractivity contribution is 5.72. The van der Waals surface area contributed by atoms with Crippen molar-refractivity contribution in [3.8, 4) is 0 Å². The number of aromatic nitrogens is 2. The number of likely N-dealkylation sites (N-methyl/N-ethyl adjacent to an activating group) is 1. The number of hydrogen-bond donors (Lipinski definition) is 1. The van der Waals surface area contributed by atoms with E-state index >= 15 is 0 Å². The molecule has 0 radical (unpaired) electrons. The Bertz CT molecular complexity index is 509. The van der Waals surface area contributed by atoms with E-state index in [1.54, 1.807) is 0 Å². The summed E-state index contributed by atoms with van der Waals surface area (Å²) in [5.74, 6) is -2.06. The van der Waals surface area contributed by atoms with Gasteiger partial charge in [-0.1, -0.05) is 0 Å². The van der Waals surface area contributed by atoms with Gasteiger partial charge in [-0.3, -0.25) is 4.79 Å². The minimum Gasteiger partial charge on any atom is -0.481 e. The average molecular weight is 291 g/mol. The summed E-state index contributed by atoms with van der Waals surface area (Å²) in [5, 5.41) is 9.04. The number of nitrogens with zero attached hydrogens (tertiary/aromatic N) is 3. The van der Waals surface area contributed by atoms with Crippen molar-refractivity contribution in [2.24, 2.45) is 5.92 Å². The van der Waals surface area contributed by atoms with Gasteiger partial charge in [0.2, 0.25) is 5.95 Å². The zero-order chi connectivity index (χ0) is 14.9. The summed E-state index contributed by atoms with van der Waals surface area (Å²) in [4.78, 5) is 19.5. The monoisotopic (exact) mass is 291 g/mol. The van der Waals surface area contributed by atoms with Gasteiger partial charge < -0.3 is 14.7 Å². The normalized spacial score (nSPS) is 22.8. The molecule has 9 heteroatoms. The molecular formula is C11H12F3N3O3. The number of aliphatic carboxylic acids is 1. The molecule has 2 unspecified atom stereocenters. The molecule has 1 aliphatic heterocycles. The van der Waals surface area contributed by atoms with E-state index in [9.17, 15) is 18.0 Å². The van der Waals surface area contributed by atoms with Crippen LogP contribution in [0, 0.1) is 5.92 Å². The van der Waals surface area contributed by atoms with Crippen molar-refractivity contribution in [3.63, 3.8) is 0 Å².